The van der Waals surface area contributed by atoms with Crippen molar-refractivity contribution in [2.45, 2.75) is 13.8 Å². The van der Waals surface area contributed by atoms with E-state index in [-0.39, 0.29) is 13.2 Å². The second-order valence-electron chi connectivity index (χ2n) is 1.81. The molecule has 0 spiro atoms. The van der Waals surface area contributed by atoms with Crippen molar-refractivity contribution in [1.82, 2.24) is 0 Å². The summed E-state index contributed by atoms with van der Waals surface area (Å²) in [6, 6.07) is 0. The van der Waals surface area contributed by atoms with E-state index in [1.807, 2.05) is 0 Å². The molecule has 9 heteroatoms. The number of hydrogen-bond acceptors (Lipinski definition) is 3. The summed E-state index contributed by atoms with van der Waals surface area (Å²) < 4.78 is 24.6. The SMILES string of the molecule is CCOP(=O)(N=P(Cl)(Cl)Cl)OCC. The van der Waals surface area contributed by atoms with Crippen LogP contribution in [-0.4, -0.2) is 13.2 Å². The van der Waals surface area contributed by atoms with Gasteiger partial charge in [-0.25, -0.2) is 4.57 Å². The third-order valence-corrected chi connectivity index (χ3v) is 5.48. The van der Waals surface area contributed by atoms with Crippen LogP contribution in [0.2, 0.25) is 0 Å². The molecule has 0 aromatic heterocycles. The molecule has 0 aromatic carbocycles. The fourth-order valence-electron chi connectivity index (χ4n) is 0.539. The smallest absolute Gasteiger partial charge is 0.291 e. The first-order valence-electron chi connectivity index (χ1n) is 3.45. The minimum Gasteiger partial charge on any atom is -0.291 e. The molecule has 0 aliphatic heterocycles. The summed E-state index contributed by atoms with van der Waals surface area (Å²) in [4.78, 5) is 0. The van der Waals surface area contributed by atoms with Gasteiger partial charge in [0.15, 0.2) is 0 Å². The van der Waals surface area contributed by atoms with Gasteiger partial charge in [0.05, 0.1) is 13.2 Å². The maximum atomic E-state index is 11.6. The second kappa shape index (κ2) is 5.97. The topological polar surface area (TPSA) is 47.9 Å². The van der Waals surface area contributed by atoms with Gasteiger partial charge in [-0.1, -0.05) is 0 Å². The van der Waals surface area contributed by atoms with E-state index >= 15 is 0 Å². The fraction of sp³-hybridized carbons (Fsp3) is 1.00. The molecule has 0 aromatic rings. The lowest BCUT2D eigenvalue weighted by atomic mass is 10.9. The second-order valence-corrected chi connectivity index (χ2v) is 10.8. The van der Waals surface area contributed by atoms with E-state index in [0.717, 1.165) is 0 Å². The van der Waals surface area contributed by atoms with E-state index < -0.39 is 12.9 Å². The highest BCUT2D eigenvalue weighted by Gasteiger charge is 2.26. The molecule has 0 heterocycles. The summed E-state index contributed by atoms with van der Waals surface area (Å²) in [7, 11) is -3.56. The molecule has 0 aliphatic carbocycles. The minimum absolute atomic E-state index is 0.186. The van der Waals surface area contributed by atoms with Crippen molar-refractivity contribution >= 4 is 46.6 Å². The Kier molecular flexibility index (Phi) is 6.54. The van der Waals surface area contributed by atoms with Gasteiger partial charge in [0.1, 0.15) is 0 Å². The Morgan fingerprint density at radius 1 is 1.15 bits per heavy atom. The standard InChI is InChI=1S/C4H10Cl3NO3P2/c1-3-10-13(9,11-4-2)8-12(5,6)7/h3-4H2,1-2H3. The summed E-state index contributed by atoms with van der Waals surface area (Å²) in [5.74, 6) is 0. The zero-order valence-corrected chi connectivity index (χ0v) is 11.2. The van der Waals surface area contributed by atoms with Gasteiger partial charge in [0.25, 0.3) is 0 Å². The largest absolute Gasteiger partial charge is 0.455 e. The highest BCUT2D eigenvalue weighted by atomic mass is 36.0. The van der Waals surface area contributed by atoms with Gasteiger partial charge in [-0.3, -0.25) is 9.05 Å². The summed E-state index contributed by atoms with van der Waals surface area (Å²) in [6.45, 7) is 3.67. The summed E-state index contributed by atoms with van der Waals surface area (Å²) in [6.07, 6.45) is 0. The van der Waals surface area contributed by atoms with Crippen LogP contribution in [0.1, 0.15) is 13.8 Å². The molecule has 13 heavy (non-hydrogen) atoms. The molecule has 0 atom stereocenters. The van der Waals surface area contributed by atoms with Crippen LogP contribution in [0.4, 0.5) is 0 Å². The lowest BCUT2D eigenvalue weighted by Gasteiger charge is -2.12. The molecule has 0 radical (unpaired) electrons. The van der Waals surface area contributed by atoms with Gasteiger partial charge in [-0.2, -0.15) is 4.52 Å². The third kappa shape index (κ3) is 7.21. The Morgan fingerprint density at radius 2 is 1.54 bits per heavy atom. The minimum atomic E-state index is -3.56. The van der Waals surface area contributed by atoms with Crippen molar-refractivity contribution in [3.05, 3.63) is 0 Å². The van der Waals surface area contributed by atoms with E-state index in [0.29, 0.717) is 0 Å². The molecular weight excluding hydrogens is 278 g/mol. The summed E-state index contributed by atoms with van der Waals surface area (Å²) in [5, 5.41) is -3.07. The van der Waals surface area contributed by atoms with Crippen LogP contribution >= 0.6 is 46.6 Å². The van der Waals surface area contributed by atoms with Crippen molar-refractivity contribution in [2.75, 3.05) is 13.2 Å². The van der Waals surface area contributed by atoms with E-state index in [1.54, 1.807) is 13.8 Å². The first kappa shape index (κ1) is 14.2. The first-order chi connectivity index (χ1) is 5.83. The zero-order valence-electron chi connectivity index (χ0n) is 7.11. The van der Waals surface area contributed by atoms with Gasteiger partial charge in [-0.15, -0.1) is 0 Å². The van der Waals surface area contributed by atoms with Crippen molar-refractivity contribution in [1.29, 1.82) is 0 Å². The molecule has 0 N–H and O–H groups in total. The zero-order chi connectivity index (χ0) is 10.5. The molecule has 0 fully saturated rings. The van der Waals surface area contributed by atoms with Crippen LogP contribution in [-0.2, 0) is 13.6 Å². The predicted octanol–water partition coefficient (Wildman–Crippen LogP) is 4.83. The summed E-state index contributed by atoms with van der Waals surface area (Å²) in [5.41, 5.74) is 0. The van der Waals surface area contributed by atoms with Gasteiger partial charge < -0.3 is 0 Å². The molecule has 4 nitrogen and oxygen atoms in total. The van der Waals surface area contributed by atoms with E-state index in [4.69, 9.17) is 42.8 Å². The lowest BCUT2D eigenvalue weighted by Crippen LogP contribution is -1.91. The van der Waals surface area contributed by atoms with Crippen molar-refractivity contribution in [2.24, 2.45) is 4.52 Å². The normalized spacial score (nSPS) is 13.0. The molecule has 0 saturated heterocycles. The quantitative estimate of drug-likeness (QED) is 0.681. The Hall–Kier alpha value is 1.25. The monoisotopic (exact) mass is 287 g/mol. The number of nitrogens with zero attached hydrogens (tertiary/aromatic N) is 1. The Bertz CT molecular complexity index is 235. The lowest BCUT2D eigenvalue weighted by molar-refractivity contribution is 0.221. The Morgan fingerprint density at radius 3 is 1.77 bits per heavy atom. The van der Waals surface area contributed by atoms with Gasteiger partial charge in [0, 0.05) is 0 Å². The molecular formula is C4H10Cl3NO3P2. The average molecular weight is 288 g/mol. The molecule has 0 rings (SSSR count). The molecule has 0 aliphatic rings. The highest BCUT2D eigenvalue weighted by molar-refractivity contribution is 8.27. The van der Waals surface area contributed by atoms with E-state index in [2.05, 4.69) is 4.52 Å². The van der Waals surface area contributed by atoms with Gasteiger partial charge in [0.2, 0.25) is 5.11 Å². The summed E-state index contributed by atoms with van der Waals surface area (Å²) >= 11 is 16.3. The molecule has 0 unspecified atom stereocenters. The third-order valence-electron chi connectivity index (χ3n) is 0.795. The van der Waals surface area contributed by atoms with Crippen LogP contribution in [0.25, 0.3) is 0 Å². The molecule has 0 saturated carbocycles. The van der Waals surface area contributed by atoms with Crippen LogP contribution in [0.3, 0.4) is 0 Å². The van der Waals surface area contributed by atoms with Crippen molar-refractivity contribution < 1.29 is 13.6 Å². The number of hydrogen-bond donors (Lipinski definition) is 0. The number of halogens is 3. The Labute approximate surface area is 91.9 Å². The molecule has 0 amide bonds. The van der Waals surface area contributed by atoms with Crippen LogP contribution in [0.5, 0.6) is 0 Å². The van der Waals surface area contributed by atoms with Gasteiger partial charge >= 0.3 is 7.75 Å². The maximum Gasteiger partial charge on any atom is 0.455 e. The van der Waals surface area contributed by atoms with Crippen LogP contribution < -0.4 is 0 Å². The molecule has 0 bridgehead atoms. The van der Waals surface area contributed by atoms with E-state index in [1.165, 1.54) is 0 Å². The van der Waals surface area contributed by atoms with Crippen LogP contribution in [0, 0.1) is 0 Å². The predicted molar refractivity (Wildman–Crippen MR) is 57.8 cm³/mol. The van der Waals surface area contributed by atoms with Crippen molar-refractivity contribution in [3.8, 4) is 0 Å². The average Bonchev–Trinajstić information content (AvgIpc) is 1.82. The van der Waals surface area contributed by atoms with Crippen molar-refractivity contribution in [3.63, 3.8) is 0 Å². The molecule has 80 valence electrons. The highest BCUT2D eigenvalue weighted by Crippen LogP contribution is 2.72. The van der Waals surface area contributed by atoms with Crippen LogP contribution in [0.15, 0.2) is 4.52 Å². The fourth-order valence-corrected chi connectivity index (χ4v) is 4.91. The van der Waals surface area contributed by atoms with E-state index in [9.17, 15) is 4.57 Å². The first-order valence-corrected chi connectivity index (χ1v) is 9.40. The Balaban J connectivity index is 4.71. The maximum absolute atomic E-state index is 11.6. The number of rotatable bonds is 5. The van der Waals surface area contributed by atoms with Gasteiger partial charge in [-0.05, 0) is 47.6 Å².